The van der Waals surface area contributed by atoms with Crippen molar-refractivity contribution in [1.82, 2.24) is 34.8 Å². The molecule has 0 aliphatic carbocycles. The number of hydrogen-bond acceptors (Lipinski definition) is 9. The van der Waals surface area contributed by atoms with Crippen LogP contribution >= 0.6 is 0 Å². The Kier molecular flexibility index (Phi) is 10.2. The first-order valence-corrected chi connectivity index (χ1v) is 17.1. The Bertz CT molecular complexity index is 2150. The molecule has 0 bridgehead atoms. The highest BCUT2D eigenvalue weighted by atomic mass is 19.3. The third kappa shape index (κ3) is 7.34. The van der Waals surface area contributed by atoms with E-state index in [2.05, 4.69) is 25.0 Å². The van der Waals surface area contributed by atoms with Crippen molar-refractivity contribution >= 4 is 34.1 Å². The van der Waals surface area contributed by atoms with E-state index in [9.17, 15) is 18.4 Å². The van der Waals surface area contributed by atoms with Crippen molar-refractivity contribution in [1.29, 1.82) is 0 Å². The summed E-state index contributed by atoms with van der Waals surface area (Å²) in [5.74, 6) is 0.0979. The third-order valence-corrected chi connectivity index (χ3v) is 9.47. The van der Waals surface area contributed by atoms with Crippen molar-refractivity contribution in [2.24, 2.45) is 0 Å². The van der Waals surface area contributed by atoms with Gasteiger partial charge in [0.1, 0.15) is 11.4 Å². The molecule has 0 unspecified atom stereocenters. The molecule has 1 N–H and O–H groups in total. The molecular formula is C37H37F3N8O5. The van der Waals surface area contributed by atoms with Crippen LogP contribution in [-0.2, 0) is 11.3 Å². The maximum Gasteiger partial charge on any atom is 0.388 e. The number of alkyl halides is 2. The van der Waals surface area contributed by atoms with Crippen molar-refractivity contribution in [3.63, 3.8) is 0 Å². The Hall–Kier alpha value is -6.06. The SMILES string of the molecule is COc1ccccc1-c1cc(C2=CCCN(C(=O)CCn3ccnn3)C2)c(F)c2[nH]c(C(=O)N3CCN(c4nc(OC(F)F)ccc4OC)CC3)cc12. The average Bonchev–Trinajstić information content (AvgIpc) is 3.88. The van der Waals surface area contributed by atoms with E-state index in [-0.39, 0.29) is 55.0 Å². The number of nitrogens with zero attached hydrogens (tertiary/aromatic N) is 7. The Morgan fingerprint density at radius 3 is 2.45 bits per heavy atom. The number of fused-ring (bicyclic) bond motifs is 1. The second-order valence-electron chi connectivity index (χ2n) is 12.5. The smallest absolute Gasteiger partial charge is 0.388 e. The number of methoxy groups -OCH3 is 2. The van der Waals surface area contributed by atoms with Gasteiger partial charge in [-0.2, -0.15) is 13.8 Å². The fourth-order valence-electron chi connectivity index (χ4n) is 6.82. The summed E-state index contributed by atoms with van der Waals surface area (Å²) in [6.45, 7) is -0.693. The predicted molar refractivity (Wildman–Crippen MR) is 190 cm³/mol. The molecule has 0 saturated carbocycles. The van der Waals surface area contributed by atoms with Gasteiger partial charge >= 0.3 is 6.61 Å². The number of ether oxygens (including phenoxy) is 3. The molecule has 0 spiro atoms. The zero-order chi connectivity index (χ0) is 37.1. The summed E-state index contributed by atoms with van der Waals surface area (Å²) in [4.78, 5) is 39.6. The number of halogens is 3. The van der Waals surface area contributed by atoms with Crippen LogP contribution < -0.4 is 19.1 Å². The summed E-state index contributed by atoms with van der Waals surface area (Å²) in [5, 5.41) is 8.21. The fraction of sp³-hybridized carbons (Fsp3) is 0.324. The Balaban J connectivity index is 1.17. The van der Waals surface area contributed by atoms with Gasteiger partial charge in [-0.25, -0.2) is 4.39 Å². The van der Waals surface area contributed by atoms with Crippen LogP contribution in [-0.4, -0.2) is 107 Å². The second-order valence-corrected chi connectivity index (χ2v) is 12.5. The number of rotatable bonds is 11. The van der Waals surface area contributed by atoms with E-state index in [0.29, 0.717) is 77.6 Å². The Morgan fingerprint density at radius 2 is 1.72 bits per heavy atom. The molecule has 1 fully saturated rings. The molecule has 53 heavy (non-hydrogen) atoms. The van der Waals surface area contributed by atoms with Crippen LogP contribution in [0.5, 0.6) is 17.4 Å². The summed E-state index contributed by atoms with van der Waals surface area (Å²) in [6.07, 6.45) is 5.98. The molecule has 2 aliphatic heterocycles. The Morgan fingerprint density at radius 1 is 0.925 bits per heavy atom. The minimum absolute atomic E-state index is 0.0752. The third-order valence-electron chi connectivity index (χ3n) is 9.47. The van der Waals surface area contributed by atoms with Gasteiger partial charge in [0.15, 0.2) is 17.4 Å². The molecular weight excluding hydrogens is 693 g/mol. The van der Waals surface area contributed by atoms with Crippen molar-refractivity contribution in [2.45, 2.75) is 26.0 Å². The number of carbonyl (C=O) groups is 2. The van der Waals surface area contributed by atoms with E-state index in [1.807, 2.05) is 35.2 Å². The zero-order valence-corrected chi connectivity index (χ0v) is 29.1. The fourth-order valence-corrected chi connectivity index (χ4v) is 6.82. The van der Waals surface area contributed by atoms with Crippen LogP contribution in [0.25, 0.3) is 27.6 Å². The van der Waals surface area contributed by atoms with Crippen LogP contribution in [0, 0.1) is 5.82 Å². The van der Waals surface area contributed by atoms with Gasteiger partial charge in [-0.1, -0.05) is 29.5 Å². The first-order chi connectivity index (χ1) is 25.7. The van der Waals surface area contributed by atoms with Gasteiger partial charge in [-0.3, -0.25) is 14.3 Å². The molecule has 0 atom stereocenters. The van der Waals surface area contributed by atoms with Gasteiger partial charge in [0.25, 0.3) is 5.91 Å². The highest BCUT2D eigenvalue weighted by molar-refractivity contribution is 6.05. The van der Waals surface area contributed by atoms with E-state index in [4.69, 9.17) is 9.47 Å². The van der Waals surface area contributed by atoms with Gasteiger partial charge < -0.3 is 33.9 Å². The molecule has 3 aromatic heterocycles. The largest absolute Gasteiger partial charge is 0.496 e. The molecule has 2 amide bonds. The van der Waals surface area contributed by atoms with Gasteiger partial charge in [0.05, 0.1) is 32.5 Å². The number of benzene rings is 2. The lowest BCUT2D eigenvalue weighted by molar-refractivity contribution is -0.131. The number of aromatic nitrogens is 5. The summed E-state index contributed by atoms with van der Waals surface area (Å²) in [7, 11) is 3.02. The minimum atomic E-state index is -3.03. The molecule has 7 rings (SSSR count). The predicted octanol–water partition coefficient (Wildman–Crippen LogP) is 5.25. The van der Waals surface area contributed by atoms with Gasteiger partial charge in [0, 0.05) is 74.5 Å². The van der Waals surface area contributed by atoms with Crippen LogP contribution in [0.1, 0.15) is 28.9 Å². The number of pyridine rings is 1. The number of H-pyrrole nitrogens is 1. The molecule has 2 aliphatic rings. The Labute approximate surface area is 302 Å². The lowest BCUT2D eigenvalue weighted by Gasteiger charge is -2.35. The minimum Gasteiger partial charge on any atom is -0.496 e. The summed E-state index contributed by atoms with van der Waals surface area (Å²) in [5.41, 5.74) is 2.71. The summed E-state index contributed by atoms with van der Waals surface area (Å²) in [6, 6.07) is 13.6. The zero-order valence-electron chi connectivity index (χ0n) is 29.1. The van der Waals surface area contributed by atoms with Crippen molar-refractivity contribution in [2.75, 3.05) is 58.4 Å². The lowest BCUT2D eigenvalue weighted by atomic mass is 9.93. The quantitative estimate of drug-likeness (QED) is 0.194. The average molecular weight is 731 g/mol. The molecule has 276 valence electrons. The summed E-state index contributed by atoms with van der Waals surface area (Å²) >= 11 is 0. The number of amides is 2. The van der Waals surface area contributed by atoms with Gasteiger partial charge in [-0.05, 0) is 41.8 Å². The lowest BCUT2D eigenvalue weighted by Crippen LogP contribution is -2.49. The number of aromatic amines is 1. The number of para-hydroxylation sites is 1. The van der Waals surface area contributed by atoms with E-state index in [1.165, 1.54) is 19.2 Å². The van der Waals surface area contributed by atoms with E-state index >= 15 is 4.39 Å². The number of carbonyl (C=O) groups excluding carboxylic acids is 2. The first-order valence-electron chi connectivity index (χ1n) is 17.1. The molecule has 2 aromatic carbocycles. The highest BCUT2D eigenvalue weighted by Crippen LogP contribution is 2.40. The highest BCUT2D eigenvalue weighted by Gasteiger charge is 2.29. The monoisotopic (exact) mass is 730 g/mol. The van der Waals surface area contributed by atoms with Crippen molar-refractivity contribution in [3.05, 3.63) is 84.1 Å². The van der Waals surface area contributed by atoms with Crippen LogP contribution in [0.15, 0.2) is 67.0 Å². The maximum absolute atomic E-state index is 16.7. The number of aryl methyl sites for hydroxylation is 1. The first kappa shape index (κ1) is 35.3. The standard InChI is InChI=1S/C37H37F3N8O5/c1-51-29-8-4-3-7-24(29)26-20-25(23-6-5-13-47(22-23)32(49)11-14-48-15-12-41-44-48)33(38)34-27(26)21-28(42-34)36(50)46-18-16-45(17-19-46)35-30(52-2)9-10-31(43-35)53-37(39)40/h3-4,6-10,12,15,20-21,37,42H,5,11,13-14,16-19,22H2,1-2H3. The number of hydrogen-bond donors (Lipinski definition) is 1. The molecule has 5 aromatic rings. The molecule has 13 nitrogen and oxygen atoms in total. The van der Waals surface area contributed by atoms with Gasteiger partial charge in [-0.15, -0.1) is 5.10 Å². The van der Waals surface area contributed by atoms with Crippen LogP contribution in [0.3, 0.4) is 0 Å². The topological polar surface area (TPSA) is 131 Å². The molecule has 0 radical (unpaired) electrons. The number of nitrogens with one attached hydrogen (secondary N) is 1. The molecule has 5 heterocycles. The van der Waals surface area contributed by atoms with E-state index in [0.717, 1.165) is 0 Å². The van der Waals surface area contributed by atoms with Crippen molar-refractivity contribution < 1.29 is 37.0 Å². The van der Waals surface area contributed by atoms with Crippen molar-refractivity contribution in [3.8, 4) is 28.5 Å². The van der Waals surface area contributed by atoms with E-state index < -0.39 is 12.4 Å². The van der Waals surface area contributed by atoms with Gasteiger partial charge in [0.2, 0.25) is 11.8 Å². The summed E-state index contributed by atoms with van der Waals surface area (Å²) < 4.78 is 59.6. The second kappa shape index (κ2) is 15.3. The molecule has 16 heteroatoms. The number of anilines is 1. The normalized spacial score (nSPS) is 14.8. The maximum atomic E-state index is 16.7. The molecule has 1 saturated heterocycles. The van der Waals surface area contributed by atoms with Crippen LogP contribution in [0.2, 0.25) is 0 Å². The van der Waals surface area contributed by atoms with Crippen LogP contribution in [0.4, 0.5) is 19.0 Å². The number of piperazine rings is 1. The van der Waals surface area contributed by atoms with E-state index in [1.54, 1.807) is 46.1 Å².